The van der Waals surface area contributed by atoms with E-state index in [4.69, 9.17) is 13.9 Å². The molecule has 0 N–H and O–H groups in total. The maximum Gasteiger partial charge on any atom is 0.293 e. The molecule has 9 heteroatoms. The Labute approximate surface area is 221 Å². The second-order valence-electron chi connectivity index (χ2n) is 8.35. The van der Waals surface area contributed by atoms with Gasteiger partial charge >= 0.3 is 0 Å². The van der Waals surface area contributed by atoms with Gasteiger partial charge in [0.1, 0.15) is 22.8 Å². The van der Waals surface area contributed by atoms with E-state index in [1.807, 2.05) is 0 Å². The molecular formula is C29H21NO7S. The van der Waals surface area contributed by atoms with E-state index in [-0.39, 0.29) is 15.9 Å². The second-order valence-corrected chi connectivity index (χ2v) is 9.35. The van der Waals surface area contributed by atoms with Gasteiger partial charge < -0.3 is 13.9 Å². The molecular weight excluding hydrogens is 506 g/mol. The van der Waals surface area contributed by atoms with Crippen LogP contribution in [0, 0.1) is 0 Å². The first kappa shape index (κ1) is 25.0. The average molecular weight is 528 g/mol. The number of amides is 2. The lowest BCUT2D eigenvalue weighted by molar-refractivity contribution is -0.122. The number of carbonyl (C=O) groups is 3. The molecule has 1 aliphatic rings. The Morgan fingerprint density at radius 3 is 2.55 bits per heavy atom. The number of nitrogens with zero attached hydrogens (tertiary/aromatic N) is 1. The van der Waals surface area contributed by atoms with Crippen molar-refractivity contribution in [2.75, 3.05) is 20.8 Å². The molecule has 1 aliphatic heterocycles. The fourth-order valence-corrected chi connectivity index (χ4v) is 4.91. The van der Waals surface area contributed by atoms with Crippen molar-refractivity contribution in [1.29, 1.82) is 0 Å². The van der Waals surface area contributed by atoms with Crippen molar-refractivity contribution in [3.63, 3.8) is 0 Å². The molecule has 2 heterocycles. The Morgan fingerprint density at radius 2 is 1.76 bits per heavy atom. The van der Waals surface area contributed by atoms with Crippen molar-refractivity contribution < 1.29 is 28.3 Å². The lowest BCUT2D eigenvalue weighted by Crippen LogP contribution is -2.33. The number of fused-ring (bicyclic) bond motifs is 1. The highest BCUT2D eigenvalue weighted by Gasteiger charge is 2.36. The van der Waals surface area contributed by atoms with E-state index < -0.39 is 23.5 Å². The second kappa shape index (κ2) is 10.4. The number of ketones is 1. The number of para-hydroxylation sites is 1. The molecule has 5 rings (SSSR count). The Morgan fingerprint density at radius 1 is 0.947 bits per heavy atom. The average Bonchev–Trinajstić information content (AvgIpc) is 3.19. The molecule has 0 atom stereocenters. The highest BCUT2D eigenvalue weighted by molar-refractivity contribution is 8.18. The molecule has 0 radical (unpaired) electrons. The fourth-order valence-electron chi connectivity index (χ4n) is 4.08. The molecule has 0 spiro atoms. The smallest absolute Gasteiger partial charge is 0.293 e. The van der Waals surface area contributed by atoms with Crippen LogP contribution in [0.25, 0.3) is 28.4 Å². The molecule has 38 heavy (non-hydrogen) atoms. The number of Topliss-reactive ketones (excluding diaryl/α,β-unsaturated/α-hetero) is 1. The number of thioether (sulfide) groups is 1. The number of carbonyl (C=O) groups excluding carboxylic acids is 3. The number of hydrogen-bond donors (Lipinski definition) is 0. The van der Waals surface area contributed by atoms with Crippen LogP contribution in [0.4, 0.5) is 4.79 Å². The van der Waals surface area contributed by atoms with Crippen LogP contribution in [0.2, 0.25) is 0 Å². The number of benzene rings is 3. The number of imide groups is 1. The lowest BCUT2D eigenvalue weighted by Gasteiger charge is -2.14. The van der Waals surface area contributed by atoms with Gasteiger partial charge in [-0.15, -0.1) is 0 Å². The van der Waals surface area contributed by atoms with Crippen molar-refractivity contribution in [3.8, 4) is 22.8 Å². The third-order valence-electron chi connectivity index (χ3n) is 5.99. The number of rotatable bonds is 7. The molecule has 2 amide bonds. The van der Waals surface area contributed by atoms with Gasteiger partial charge in [0.25, 0.3) is 11.1 Å². The largest absolute Gasteiger partial charge is 0.497 e. The van der Waals surface area contributed by atoms with Crippen molar-refractivity contribution in [2.45, 2.75) is 0 Å². The van der Waals surface area contributed by atoms with Crippen molar-refractivity contribution in [2.24, 2.45) is 0 Å². The van der Waals surface area contributed by atoms with E-state index in [0.717, 1.165) is 16.7 Å². The predicted molar refractivity (Wildman–Crippen MR) is 144 cm³/mol. The van der Waals surface area contributed by atoms with Gasteiger partial charge in [0.2, 0.25) is 0 Å². The standard InChI is InChI=1S/C29H21NO7S/c1-35-19-10-11-24(36-2)21(14-19)23(32)16-30-28(33)27(38-29(30)34)13-17-6-5-7-18(12-17)26-15-22(31)20-8-3-4-9-25(20)37-26/h3-15H,16H2,1-2H3/b27-13-. The topological polar surface area (TPSA) is 103 Å². The molecule has 1 fully saturated rings. The van der Waals surface area contributed by atoms with E-state index in [1.54, 1.807) is 66.7 Å². The van der Waals surface area contributed by atoms with E-state index in [0.29, 0.717) is 39.4 Å². The molecule has 1 saturated heterocycles. The summed E-state index contributed by atoms with van der Waals surface area (Å²) in [6.07, 6.45) is 1.57. The van der Waals surface area contributed by atoms with E-state index in [1.165, 1.54) is 26.4 Å². The van der Waals surface area contributed by atoms with Gasteiger partial charge in [-0.1, -0.05) is 30.3 Å². The van der Waals surface area contributed by atoms with Crippen LogP contribution < -0.4 is 14.9 Å². The minimum absolute atomic E-state index is 0.161. The summed E-state index contributed by atoms with van der Waals surface area (Å²) in [6, 6.07) is 20.2. The van der Waals surface area contributed by atoms with Crippen LogP contribution in [0.5, 0.6) is 11.5 Å². The molecule has 3 aromatic carbocycles. The minimum atomic E-state index is -0.571. The van der Waals surface area contributed by atoms with Crippen LogP contribution in [-0.2, 0) is 4.79 Å². The van der Waals surface area contributed by atoms with Gasteiger partial charge in [-0.25, -0.2) is 0 Å². The molecule has 1 aromatic heterocycles. The maximum atomic E-state index is 13.1. The summed E-state index contributed by atoms with van der Waals surface area (Å²) in [5, 5.41) is -0.0599. The van der Waals surface area contributed by atoms with E-state index >= 15 is 0 Å². The van der Waals surface area contributed by atoms with Crippen LogP contribution >= 0.6 is 11.8 Å². The van der Waals surface area contributed by atoms with Crippen LogP contribution in [0.15, 0.2) is 86.9 Å². The summed E-state index contributed by atoms with van der Waals surface area (Å²) in [4.78, 5) is 52.3. The Kier molecular flexibility index (Phi) is 6.85. The van der Waals surface area contributed by atoms with Crippen LogP contribution in [0.3, 0.4) is 0 Å². The zero-order chi connectivity index (χ0) is 26.8. The SMILES string of the molecule is COc1ccc(OC)c(C(=O)CN2C(=O)S/C(=C\c3cccc(-c4cc(=O)c5ccccc5o4)c3)C2=O)c1. The number of methoxy groups -OCH3 is 2. The summed E-state index contributed by atoms with van der Waals surface area (Å²) < 4.78 is 16.3. The molecule has 0 bridgehead atoms. The van der Waals surface area contributed by atoms with Gasteiger partial charge in [-0.2, -0.15) is 0 Å². The summed E-state index contributed by atoms with van der Waals surface area (Å²) in [5.74, 6) is 0.117. The summed E-state index contributed by atoms with van der Waals surface area (Å²) in [7, 11) is 2.90. The molecule has 8 nitrogen and oxygen atoms in total. The first-order valence-electron chi connectivity index (χ1n) is 11.5. The van der Waals surface area contributed by atoms with Crippen molar-refractivity contribution in [1.82, 2.24) is 4.90 Å². The highest BCUT2D eigenvalue weighted by Crippen LogP contribution is 2.34. The van der Waals surface area contributed by atoms with Gasteiger partial charge in [0, 0.05) is 11.6 Å². The normalized spacial score (nSPS) is 14.4. The molecule has 0 aliphatic carbocycles. The minimum Gasteiger partial charge on any atom is -0.497 e. The third-order valence-corrected chi connectivity index (χ3v) is 6.89. The first-order valence-corrected chi connectivity index (χ1v) is 12.3. The molecule has 190 valence electrons. The Bertz CT molecular complexity index is 1690. The van der Waals surface area contributed by atoms with E-state index in [9.17, 15) is 19.2 Å². The molecule has 4 aromatic rings. The van der Waals surface area contributed by atoms with Gasteiger partial charge in [-0.3, -0.25) is 24.1 Å². The zero-order valence-electron chi connectivity index (χ0n) is 20.4. The summed E-state index contributed by atoms with van der Waals surface area (Å²) in [6.45, 7) is -0.437. The van der Waals surface area contributed by atoms with Gasteiger partial charge in [-0.05, 0) is 59.8 Å². The molecule has 0 saturated carbocycles. The fraction of sp³-hybridized carbons (Fsp3) is 0.103. The van der Waals surface area contributed by atoms with Crippen LogP contribution in [0.1, 0.15) is 15.9 Å². The maximum absolute atomic E-state index is 13.1. The Balaban J connectivity index is 1.39. The van der Waals surface area contributed by atoms with Gasteiger partial charge in [0.05, 0.1) is 36.6 Å². The lowest BCUT2D eigenvalue weighted by atomic mass is 10.1. The highest BCUT2D eigenvalue weighted by atomic mass is 32.2. The predicted octanol–water partition coefficient (Wildman–Crippen LogP) is 5.40. The third kappa shape index (κ3) is 4.83. The van der Waals surface area contributed by atoms with E-state index in [2.05, 4.69) is 0 Å². The van der Waals surface area contributed by atoms with Crippen molar-refractivity contribution >= 4 is 45.7 Å². The van der Waals surface area contributed by atoms with Gasteiger partial charge in [0.15, 0.2) is 11.2 Å². The van der Waals surface area contributed by atoms with Crippen LogP contribution in [-0.4, -0.2) is 42.6 Å². The zero-order valence-corrected chi connectivity index (χ0v) is 21.2. The van der Waals surface area contributed by atoms with Crippen molar-refractivity contribution in [3.05, 3.63) is 99.1 Å². The molecule has 0 unspecified atom stereocenters. The Hall–Kier alpha value is -4.63. The number of hydrogen-bond acceptors (Lipinski definition) is 8. The number of ether oxygens (including phenoxy) is 2. The first-order chi connectivity index (χ1) is 18.4. The summed E-state index contributed by atoms with van der Waals surface area (Å²) >= 11 is 0.754. The quantitative estimate of drug-likeness (QED) is 0.233. The summed E-state index contributed by atoms with van der Waals surface area (Å²) in [5.41, 5.74) is 1.79. The monoisotopic (exact) mass is 527 g/mol.